The lowest BCUT2D eigenvalue weighted by Gasteiger charge is -2.16. The summed E-state index contributed by atoms with van der Waals surface area (Å²) in [6.07, 6.45) is 5.18. The largest absolute Gasteiger partial charge is 0.361 e. The predicted octanol–water partition coefficient (Wildman–Crippen LogP) is 5.14. The Bertz CT molecular complexity index is 934. The minimum absolute atomic E-state index is 0.0470. The third-order valence-electron chi connectivity index (χ3n) is 5.54. The van der Waals surface area contributed by atoms with Crippen molar-refractivity contribution in [2.45, 2.75) is 36.0 Å². The highest BCUT2D eigenvalue weighted by atomic mass is 32.2. The Hall–Kier alpha value is -1.89. The zero-order chi connectivity index (χ0) is 20.2. The predicted molar refractivity (Wildman–Crippen MR) is 115 cm³/mol. The van der Waals surface area contributed by atoms with E-state index in [4.69, 9.17) is 0 Å². The molecule has 0 fully saturated rings. The van der Waals surface area contributed by atoms with E-state index in [9.17, 15) is 8.78 Å². The number of aromatic amines is 1. The summed E-state index contributed by atoms with van der Waals surface area (Å²) >= 11 is 1.97. The van der Waals surface area contributed by atoms with Crippen LogP contribution in [0, 0.1) is 0 Å². The van der Waals surface area contributed by atoms with Crippen molar-refractivity contribution >= 4 is 22.7 Å². The highest BCUT2D eigenvalue weighted by Crippen LogP contribution is 2.38. The summed E-state index contributed by atoms with van der Waals surface area (Å²) in [5.74, 6) is 0. The van der Waals surface area contributed by atoms with Crippen LogP contribution in [0.15, 0.2) is 53.6 Å². The highest BCUT2D eigenvalue weighted by Gasteiger charge is 2.23. The number of aromatic nitrogens is 1. The van der Waals surface area contributed by atoms with E-state index < -0.39 is 6.61 Å². The molecule has 1 aliphatic rings. The molecule has 3 aromatic rings. The molecule has 1 heterocycles. The number of hydrogen-bond donors (Lipinski definition) is 1. The number of rotatable bonds is 9. The fourth-order valence-corrected chi connectivity index (χ4v) is 5.42. The molecule has 0 radical (unpaired) electrons. The minimum atomic E-state index is -2.70. The normalized spacial score (nSPS) is 14.4. The number of fused-ring (bicyclic) bond motifs is 2. The first-order valence-corrected chi connectivity index (χ1v) is 10.9. The number of hydrogen-bond acceptors (Lipinski definition) is 3. The molecule has 6 heteroatoms. The zero-order valence-electron chi connectivity index (χ0n) is 16.5. The van der Waals surface area contributed by atoms with Gasteiger partial charge in [0.15, 0.2) is 0 Å². The molecule has 0 saturated carbocycles. The molecule has 0 saturated heterocycles. The van der Waals surface area contributed by atoms with Gasteiger partial charge in [0.05, 0.1) is 6.61 Å². The van der Waals surface area contributed by atoms with Crippen LogP contribution in [0.4, 0.5) is 8.78 Å². The number of nitrogens with zero attached hydrogens (tertiary/aromatic N) is 1. The van der Waals surface area contributed by atoms with Crippen LogP contribution >= 0.6 is 11.8 Å². The molecule has 3 nitrogen and oxygen atoms in total. The third kappa shape index (κ3) is 5.00. The van der Waals surface area contributed by atoms with Crippen molar-refractivity contribution in [1.29, 1.82) is 0 Å². The Kier molecular flexibility index (Phi) is 6.53. The van der Waals surface area contributed by atoms with Crippen LogP contribution in [-0.4, -0.2) is 48.5 Å². The second kappa shape index (κ2) is 9.28. The van der Waals surface area contributed by atoms with Crippen molar-refractivity contribution in [2.75, 3.05) is 26.7 Å². The molecule has 154 valence electrons. The maximum atomic E-state index is 12.1. The lowest BCUT2D eigenvalue weighted by Crippen LogP contribution is -2.26. The van der Waals surface area contributed by atoms with Crippen LogP contribution in [0.2, 0.25) is 0 Å². The summed E-state index contributed by atoms with van der Waals surface area (Å²) in [5, 5.41) is 1.86. The van der Waals surface area contributed by atoms with Gasteiger partial charge in [-0.15, -0.1) is 11.8 Å². The molecule has 1 N–H and O–H groups in total. The minimum Gasteiger partial charge on any atom is -0.361 e. The maximum absolute atomic E-state index is 12.1. The van der Waals surface area contributed by atoms with Gasteiger partial charge in [0, 0.05) is 40.3 Å². The average Bonchev–Trinajstić information content (AvgIpc) is 3.30. The van der Waals surface area contributed by atoms with Crippen molar-refractivity contribution in [1.82, 2.24) is 9.88 Å². The Labute approximate surface area is 174 Å². The second-order valence-electron chi connectivity index (χ2n) is 7.59. The van der Waals surface area contributed by atoms with Gasteiger partial charge in [-0.05, 0) is 55.1 Å². The number of thioether (sulfide) groups is 1. The van der Waals surface area contributed by atoms with Crippen LogP contribution in [0.5, 0.6) is 0 Å². The topological polar surface area (TPSA) is 28.3 Å². The van der Waals surface area contributed by atoms with Crippen molar-refractivity contribution in [2.24, 2.45) is 0 Å². The zero-order valence-corrected chi connectivity index (χ0v) is 17.4. The number of likely N-dealkylation sites (N-methyl/N-ethyl adjacent to an activating group) is 1. The van der Waals surface area contributed by atoms with Gasteiger partial charge in [0.2, 0.25) is 0 Å². The van der Waals surface area contributed by atoms with E-state index >= 15 is 0 Å². The lowest BCUT2D eigenvalue weighted by atomic mass is 10.1. The molecule has 0 atom stereocenters. The molecule has 29 heavy (non-hydrogen) atoms. The summed E-state index contributed by atoms with van der Waals surface area (Å²) in [7, 11) is 1.94. The molecule has 0 bridgehead atoms. The lowest BCUT2D eigenvalue weighted by molar-refractivity contribution is -0.131. The van der Waals surface area contributed by atoms with E-state index in [2.05, 4.69) is 58.4 Å². The molecule has 1 aromatic heterocycles. The average molecular weight is 417 g/mol. The maximum Gasteiger partial charge on any atom is 0.345 e. The summed E-state index contributed by atoms with van der Waals surface area (Å²) in [4.78, 5) is 6.75. The van der Waals surface area contributed by atoms with E-state index in [1.807, 2.05) is 23.7 Å². The van der Waals surface area contributed by atoms with E-state index in [0.29, 0.717) is 11.8 Å². The molecule has 0 aliphatic heterocycles. The van der Waals surface area contributed by atoms with E-state index in [1.54, 1.807) is 0 Å². The summed E-state index contributed by atoms with van der Waals surface area (Å²) in [6, 6.07) is 15.2. The summed E-state index contributed by atoms with van der Waals surface area (Å²) in [6.45, 7) is -1.36. The molecular weight excluding hydrogens is 390 g/mol. The van der Waals surface area contributed by atoms with Gasteiger partial charge in [0.1, 0.15) is 0 Å². The van der Waals surface area contributed by atoms with Crippen LogP contribution < -0.4 is 0 Å². The molecule has 2 aromatic carbocycles. The molecule has 0 spiro atoms. The van der Waals surface area contributed by atoms with Crippen molar-refractivity contribution in [3.05, 3.63) is 65.4 Å². The number of ether oxygens (including phenoxy) is 1. The quantitative estimate of drug-likeness (QED) is 0.523. The van der Waals surface area contributed by atoms with Crippen LogP contribution in [0.3, 0.4) is 0 Å². The summed E-state index contributed by atoms with van der Waals surface area (Å²) < 4.78 is 28.6. The van der Waals surface area contributed by atoms with Gasteiger partial charge in [-0.25, -0.2) is 0 Å². The van der Waals surface area contributed by atoms with Crippen LogP contribution in [0.25, 0.3) is 10.9 Å². The van der Waals surface area contributed by atoms with Crippen LogP contribution in [-0.2, 0) is 24.0 Å². The van der Waals surface area contributed by atoms with E-state index in [1.165, 1.54) is 27.0 Å². The Balaban J connectivity index is 1.42. The number of benzene rings is 2. The molecule has 1 aliphatic carbocycles. The number of halogens is 2. The molecule has 0 unspecified atom stereocenters. The molecule has 4 rings (SSSR count). The first-order chi connectivity index (χ1) is 14.1. The SMILES string of the molecule is CN(CCOC(F)F)CCc1c[nH]c2cccc(SC3Cc4ccccc4C3)c12. The molecule has 0 amide bonds. The van der Waals surface area contributed by atoms with Gasteiger partial charge < -0.3 is 14.6 Å². The Morgan fingerprint density at radius 1 is 1.10 bits per heavy atom. The fraction of sp³-hybridized carbons (Fsp3) is 0.391. The van der Waals surface area contributed by atoms with Gasteiger partial charge >= 0.3 is 6.61 Å². The first-order valence-electron chi connectivity index (χ1n) is 10.0. The highest BCUT2D eigenvalue weighted by molar-refractivity contribution is 8.00. The standard InChI is InChI=1S/C23H26F2N2OS/c1-27(11-12-28-23(24)25)10-9-18-15-26-20-7-4-8-21(22(18)20)29-19-13-16-5-2-3-6-17(16)14-19/h2-8,15,19,23,26H,9-14H2,1H3. The smallest absolute Gasteiger partial charge is 0.345 e. The Morgan fingerprint density at radius 2 is 1.86 bits per heavy atom. The monoisotopic (exact) mass is 416 g/mol. The number of H-pyrrole nitrogens is 1. The van der Waals surface area contributed by atoms with E-state index in [0.717, 1.165) is 31.3 Å². The number of alkyl halides is 2. The van der Waals surface area contributed by atoms with Crippen molar-refractivity contribution in [3.8, 4) is 0 Å². The third-order valence-corrected chi connectivity index (χ3v) is 6.80. The van der Waals surface area contributed by atoms with Gasteiger partial charge in [-0.3, -0.25) is 0 Å². The second-order valence-corrected chi connectivity index (χ2v) is 8.94. The van der Waals surface area contributed by atoms with Crippen molar-refractivity contribution in [3.63, 3.8) is 0 Å². The first kappa shape index (κ1) is 20.4. The summed E-state index contributed by atoms with van der Waals surface area (Å²) in [5.41, 5.74) is 5.38. The Morgan fingerprint density at radius 3 is 2.59 bits per heavy atom. The van der Waals surface area contributed by atoms with Gasteiger partial charge in [0.25, 0.3) is 0 Å². The molecular formula is C23H26F2N2OS. The van der Waals surface area contributed by atoms with Gasteiger partial charge in [-0.1, -0.05) is 30.3 Å². The van der Waals surface area contributed by atoms with Gasteiger partial charge in [-0.2, -0.15) is 8.78 Å². The number of nitrogens with one attached hydrogen (secondary N) is 1. The van der Waals surface area contributed by atoms with Crippen molar-refractivity contribution < 1.29 is 13.5 Å². The van der Waals surface area contributed by atoms with E-state index in [-0.39, 0.29) is 6.61 Å². The van der Waals surface area contributed by atoms with Crippen LogP contribution in [0.1, 0.15) is 16.7 Å². The fourth-order valence-electron chi connectivity index (χ4n) is 4.02.